The summed E-state index contributed by atoms with van der Waals surface area (Å²) in [7, 11) is 0. The molecule has 5 heteroatoms. The summed E-state index contributed by atoms with van der Waals surface area (Å²) in [6, 6.07) is -0.296. The maximum absolute atomic E-state index is 11.5. The Morgan fingerprint density at radius 3 is 2.71 bits per heavy atom. The van der Waals surface area contributed by atoms with Crippen molar-refractivity contribution in [3.05, 3.63) is 0 Å². The minimum Gasteiger partial charge on any atom is -0.376 e. The molecule has 5 nitrogen and oxygen atoms in total. The Hall–Kier alpha value is -1.10. The molecule has 2 unspecified atom stereocenters. The summed E-state index contributed by atoms with van der Waals surface area (Å²) in [5.41, 5.74) is -0.475. The first-order valence-corrected chi connectivity index (χ1v) is 4.78. The SMILES string of the molecule is CC1OCCC1(C)N1C(=O)CNC1=O. The summed E-state index contributed by atoms with van der Waals surface area (Å²) in [5, 5.41) is 2.52. The van der Waals surface area contributed by atoms with Crippen molar-refractivity contribution in [2.24, 2.45) is 0 Å². The van der Waals surface area contributed by atoms with Gasteiger partial charge in [0.2, 0.25) is 0 Å². The molecule has 2 aliphatic heterocycles. The highest BCUT2D eigenvalue weighted by Gasteiger charge is 2.49. The molecule has 0 saturated carbocycles. The molecule has 2 fully saturated rings. The van der Waals surface area contributed by atoms with Gasteiger partial charge < -0.3 is 10.1 Å². The third-order valence-electron chi connectivity index (χ3n) is 3.21. The molecule has 0 aromatic rings. The van der Waals surface area contributed by atoms with Crippen LogP contribution in [0.4, 0.5) is 4.79 Å². The van der Waals surface area contributed by atoms with Crippen molar-refractivity contribution in [1.29, 1.82) is 0 Å². The molecule has 0 aliphatic carbocycles. The van der Waals surface area contributed by atoms with Gasteiger partial charge in [-0.15, -0.1) is 0 Å². The van der Waals surface area contributed by atoms with Gasteiger partial charge in [0.05, 0.1) is 18.2 Å². The zero-order valence-electron chi connectivity index (χ0n) is 8.37. The largest absolute Gasteiger partial charge is 0.376 e. The average Bonchev–Trinajstić information content (AvgIpc) is 2.60. The van der Waals surface area contributed by atoms with Gasteiger partial charge >= 0.3 is 6.03 Å². The summed E-state index contributed by atoms with van der Waals surface area (Å²) in [4.78, 5) is 24.3. The lowest BCUT2D eigenvalue weighted by molar-refractivity contribution is -0.130. The van der Waals surface area contributed by atoms with Crippen LogP contribution in [0.1, 0.15) is 20.3 Å². The normalized spacial score (nSPS) is 37.9. The number of nitrogens with one attached hydrogen (secondary N) is 1. The lowest BCUT2D eigenvalue weighted by atomic mass is 9.92. The van der Waals surface area contributed by atoms with Crippen molar-refractivity contribution in [3.8, 4) is 0 Å². The number of carbonyl (C=O) groups excluding carboxylic acids is 2. The fourth-order valence-corrected chi connectivity index (χ4v) is 2.06. The predicted molar refractivity (Wildman–Crippen MR) is 48.7 cm³/mol. The van der Waals surface area contributed by atoms with Crippen LogP contribution in [0, 0.1) is 0 Å². The third kappa shape index (κ3) is 1.12. The number of carbonyl (C=O) groups is 2. The second kappa shape index (κ2) is 2.95. The maximum Gasteiger partial charge on any atom is 0.325 e. The minimum atomic E-state index is -0.475. The Morgan fingerprint density at radius 2 is 2.29 bits per heavy atom. The molecule has 1 N–H and O–H groups in total. The highest BCUT2D eigenvalue weighted by molar-refractivity contribution is 6.02. The van der Waals surface area contributed by atoms with Crippen molar-refractivity contribution in [2.45, 2.75) is 31.9 Å². The number of rotatable bonds is 1. The molecule has 2 saturated heterocycles. The zero-order chi connectivity index (χ0) is 10.3. The number of ether oxygens (including phenoxy) is 1. The van der Waals surface area contributed by atoms with Crippen LogP contribution in [0.25, 0.3) is 0 Å². The first kappa shape index (κ1) is 9.45. The number of hydrogen-bond acceptors (Lipinski definition) is 3. The maximum atomic E-state index is 11.5. The number of imide groups is 1. The number of nitrogens with zero attached hydrogens (tertiary/aromatic N) is 1. The first-order valence-electron chi connectivity index (χ1n) is 4.78. The highest BCUT2D eigenvalue weighted by Crippen LogP contribution is 2.32. The van der Waals surface area contributed by atoms with Crippen LogP contribution < -0.4 is 5.32 Å². The van der Waals surface area contributed by atoms with Crippen LogP contribution in [-0.4, -0.2) is 41.6 Å². The van der Waals surface area contributed by atoms with Crippen molar-refractivity contribution in [2.75, 3.05) is 13.2 Å². The van der Waals surface area contributed by atoms with Crippen molar-refractivity contribution in [1.82, 2.24) is 10.2 Å². The van der Waals surface area contributed by atoms with Gasteiger partial charge in [-0.3, -0.25) is 9.69 Å². The van der Waals surface area contributed by atoms with E-state index in [9.17, 15) is 9.59 Å². The molecule has 78 valence electrons. The molecule has 0 radical (unpaired) electrons. The van der Waals surface area contributed by atoms with Crippen LogP contribution in [0.5, 0.6) is 0 Å². The lowest BCUT2D eigenvalue weighted by Crippen LogP contribution is -2.54. The quantitative estimate of drug-likeness (QED) is 0.608. The molecule has 3 amide bonds. The number of urea groups is 1. The van der Waals surface area contributed by atoms with Gasteiger partial charge in [-0.05, 0) is 20.3 Å². The Morgan fingerprint density at radius 1 is 1.57 bits per heavy atom. The van der Waals surface area contributed by atoms with Crippen LogP contribution in [0.2, 0.25) is 0 Å². The summed E-state index contributed by atoms with van der Waals surface area (Å²) >= 11 is 0. The second-order valence-corrected chi connectivity index (χ2v) is 4.01. The van der Waals surface area contributed by atoms with Gasteiger partial charge in [0.1, 0.15) is 0 Å². The van der Waals surface area contributed by atoms with Crippen molar-refractivity contribution in [3.63, 3.8) is 0 Å². The molecule has 2 rings (SSSR count). The van der Waals surface area contributed by atoms with E-state index in [1.165, 1.54) is 4.90 Å². The van der Waals surface area contributed by atoms with Gasteiger partial charge in [0, 0.05) is 6.61 Å². The van der Waals surface area contributed by atoms with E-state index in [2.05, 4.69) is 5.32 Å². The van der Waals surface area contributed by atoms with E-state index < -0.39 is 5.54 Å². The molecule has 2 heterocycles. The van der Waals surface area contributed by atoms with Gasteiger partial charge in [-0.2, -0.15) is 0 Å². The van der Waals surface area contributed by atoms with Gasteiger partial charge in [-0.25, -0.2) is 4.79 Å². The van der Waals surface area contributed by atoms with Gasteiger partial charge in [0.25, 0.3) is 5.91 Å². The van der Waals surface area contributed by atoms with E-state index >= 15 is 0 Å². The van der Waals surface area contributed by atoms with E-state index in [0.717, 1.165) is 0 Å². The fourth-order valence-electron chi connectivity index (χ4n) is 2.06. The Kier molecular flexibility index (Phi) is 1.99. The van der Waals surface area contributed by atoms with E-state index in [-0.39, 0.29) is 24.6 Å². The number of hydrogen-bond donors (Lipinski definition) is 1. The molecular formula is C9H14N2O3. The zero-order valence-corrected chi connectivity index (χ0v) is 8.37. The van der Waals surface area contributed by atoms with Crippen molar-refractivity contribution < 1.29 is 14.3 Å². The summed E-state index contributed by atoms with van der Waals surface area (Å²) in [6.45, 7) is 4.51. The van der Waals surface area contributed by atoms with Gasteiger partial charge in [-0.1, -0.05) is 0 Å². The van der Waals surface area contributed by atoms with Crippen LogP contribution >= 0.6 is 0 Å². The molecule has 0 aromatic carbocycles. The van der Waals surface area contributed by atoms with Crippen LogP contribution in [0.15, 0.2) is 0 Å². The summed E-state index contributed by atoms with van der Waals surface area (Å²) in [5.74, 6) is -0.158. The topological polar surface area (TPSA) is 58.6 Å². The van der Waals surface area contributed by atoms with E-state index in [4.69, 9.17) is 4.74 Å². The molecule has 0 bridgehead atoms. The van der Waals surface area contributed by atoms with E-state index in [0.29, 0.717) is 13.0 Å². The highest BCUT2D eigenvalue weighted by atomic mass is 16.5. The summed E-state index contributed by atoms with van der Waals surface area (Å²) in [6.07, 6.45) is 0.628. The minimum absolute atomic E-state index is 0.0877. The van der Waals surface area contributed by atoms with E-state index in [1.807, 2.05) is 13.8 Å². The molecule has 0 spiro atoms. The van der Waals surface area contributed by atoms with Crippen molar-refractivity contribution >= 4 is 11.9 Å². The second-order valence-electron chi connectivity index (χ2n) is 4.01. The average molecular weight is 198 g/mol. The standard InChI is InChI=1S/C9H14N2O3/c1-6-9(2,3-4-14-6)11-7(12)5-10-8(11)13/h6H,3-5H2,1-2H3,(H,10,13). The van der Waals surface area contributed by atoms with Gasteiger partial charge in [0.15, 0.2) is 0 Å². The van der Waals surface area contributed by atoms with E-state index in [1.54, 1.807) is 0 Å². The monoisotopic (exact) mass is 198 g/mol. The van der Waals surface area contributed by atoms with Crippen LogP contribution in [0.3, 0.4) is 0 Å². The summed E-state index contributed by atoms with van der Waals surface area (Å²) < 4.78 is 5.40. The first-order chi connectivity index (χ1) is 6.55. The Labute approximate surface area is 82.4 Å². The smallest absolute Gasteiger partial charge is 0.325 e. The predicted octanol–water partition coefficient (Wildman–Crippen LogP) is 0.106. The lowest BCUT2D eigenvalue weighted by Gasteiger charge is -2.34. The van der Waals surface area contributed by atoms with Crippen LogP contribution in [-0.2, 0) is 9.53 Å². The Balaban J connectivity index is 2.28. The molecule has 2 atom stereocenters. The molecule has 14 heavy (non-hydrogen) atoms. The third-order valence-corrected chi connectivity index (χ3v) is 3.21. The molecular weight excluding hydrogens is 184 g/mol. The molecule has 2 aliphatic rings. The number of amides is 3. The Bertz CT molecular complexity index is 276. The molecule has 0 aromatic heterocycles. The fraction of sp³-hybridized carbons (Fsp3) is 0.778.